The molecule has 0 fully saturated rings. The van der Waals surface area contributed by atoms with Gasteiger partial charge in [0, 0.05) is 22.6 Å². The molecule has 0 spiro atoms. The number of anilines is 3. The molecule has 0 aliphatic carbocycles. The van der Waals surface area contributed by atoms with Crippen LogP contribution < -0.4 is 4.90 Å². The second kappa shape index (κ2) is 11.7. The molecule has 0 saturated carbocycles. The molecule has 0 saturated heterocycles. The number of benzene rings is 8. The summed E-state index contributed by atoms with van der Waals surface area (Å²) in [4.78, 5) is 7.01. The Morgan fingerprint density at radius 1 is 0.396 bits per heavy atom. The maximum absolute atomic E-state index is 6.07. The van der Waals surface area contributed by atoms with Crippen LogP contribution in [0.1, 0.15) is 0 Å². The van der Waals surface area contributed by atoms with Gasteiger partial charge in [0.1, 0.15) is 5.52 Å². The van der Waals surface area contributed by atoms with Gasteiger partial charge in [-0.15, -0.1) is 0 Å². The average Bonchev–Trinajstić information content (AvgIpc) is 3.60. The number of fused-ring (bicyclic) bond motifs is 3. The molecule has 0 radical (unpaired) electrons. The predicted octanol–water partition coefficient (Wildman–Crippen LogP) is 12.6. The third kappa shape index (κ3) is 5.08. The maximum atomic E-state index is 6.07. The van der Waals surface area contributed by atoms with E-state index in [4.69, 9.17) is 9.40 Å². The second-order valence-electron chi connectivity index (χ2n) is 12.1. The lowest BCUT2D eigenvalue weighted by Gasteiger charge is -2.26. The molecule has 0 aliphatic heterocycles. The van der Waals surface area contributed by atoms with Gasteiger partial charge in [0.15, 0.2) is 5.58 Å². The summed E-state index contributed by atoms with van der Waals surface area (Å²) < 4.78 is 6.07. The fourth-order valence-corrected chi connectivity index (χ4v) is 6.64. The molecule has 9 rings (SSSR count). The number of hydrogen-bond donors (Lipinski definition) is 0. The van der Waals surface area contributed by atoms with Crippen LogP contribution in [-0.2, 0) is 0 Å². The number of nitrogens with zero attached hydrogens (tertiary/aromatic N) is 2. The molecule has 3 nitrogen and oxygen atoms in total. The first-order valence-corrected chi connectivity index (χ1v) is 16.2. The highest BCUT2D eigenvalue weighted by Gasteiger charge is 2.15. The molecule has 0 N–H and O–H groups in total. The summed E-state index contributed by atoms with van der Waals surface area (Å²) in [5, 5.41) is 4.98. The summed E-state index contributed by atoms with van der Waals surface area (Å²) in [6.07, 6.45) is 0. The summed E-state index contributed by atoms with van der Waals surface area (Å²) in [6.45, 7) is 0. The van der Waals surface area contributed by atoms with Crippen molar-refractivity contribution in [2.75, 3.05) is 4.90 Å². The highest BCUT2D eigenvalue weighted by atomic mass is 16.3. The van der Waals surface area contributed by atoms with Crippen LogP contribution in [0.25, 0.3) is 66.4 Å². The number of para-hydroxylation sites is 2. The zero-order chi connectivity index (χ0) is 31.9. The molecule has 0 atom stereocenters. The normalized spacial score (nSPS) is 11.3. The van der Waals surface area contributed by atoms with Crippen molar-refractivity contribution in [3.8, 4) is 33.7 Å². The van der Waals surface area contributed by atoms with Crippen LogP contribution in [0.15, 0.2) is 186 Å². The van der Waals surface area contributed by atoms with Gasteiger partial charge in [0.25, 0.3) is 0 Å². The molecule has 226 valence electrons. The van der Waals surface area contributed by atoms with E-state index in [1.807, 2.05) is 24.3 Å². The van der Waals surface area contributed by atoms with E-state index in [0.29, 0.717) is 5.89 Å². The van der Waals surface area contributed by atoms with Gasteiger partial charge in [-0.2, -0.15) is 0 Å². The molecule has 48 heavy (non-hydrogen) atoms. The van der Waals surface area contributed by atoms with Gasteiger partial charge in [-0.25, -0.2) is 4.98 Å². The first kappa shape index (κ1) is 27.8. The Balaban J connectivity index is 1.10. The molecule has 0 aliphatic rings. The summed E-state index contributed by atoms with van der Waals surface area (Å²) in [6, 6.07) is 64.2. The molecule has 8 aromatic carbocycles. The van der Waals surface area contributed by atoms with Crippen molar-refractivity contribution in [1.29, 1.82) is 0 Å². The van der Waals surface area contributed by atoms with E-state index in [1.54, 1.807) is 0 Å². The van der Waals surface area contributed by atoms with Crippen LogP contribution in [0.2, 0.25) is 0 Å². The zero-order valence-electron chi connectivity index (χ0n) is 26.1. The molecule has 9 aromatic rings. The number of oxazole rings is 1. The van der Waals surface area contributed by atoms with Gasteiger partial charge in [0.05, 0.1) is 0 Å². The van der Waals surface area contributed by atoms with Crippen molar-refractivity contribution in [1.82, 2.24) is 4.98 Å². The van der Waals surface area contributed by atoms with Crippen molar-refractivity contribution >= 4 is 49.7 Å². The smallest absolute Gasteiger partial charge is 0.227 e. The standard InChI is InChI=1S/C45H30N2O/c1-2-10-36-30-37(17-16-31(36)8-1)32-18-24-38(25-19-32)47(40-28-22-35(23-29-40)45-46-43-14-5-6-15-44(43)48-45)39-26-20-34(21-27-39)42-13-7-11-33-9-3-4-12-41(33)42/h1-30H. The zero-order valence-corrected chi connectivity index (χ0v) is 26.1. The van der Waals surface area contributed by atoms with Gasteiger partial charge in [-0.1, -0.05) is 115 Å². The van der Waals surface area contributed by atoms with Crippen molar-refractivity contribution in [2.24, 2.45) is 0 Å². The van der Waals surface area contributed by atoms with Crippen LogP contribution >= 0.6 is 0 Å². The number of aromatic nitrogens is 1. The number of rotatable bonds is 6. The summed E-state index contributed by atoms with van der Waals surface area (Å²) in [5.74, 6) is 0.619. The third-order valence-electron chi connectivity index (χ3n) is 9.10. The van der Waals surface area contributed by atoms with E-state index < -0.39 is 0 Å². The van der Waals surface area contributed by atoms with Gasteiger partial charge in [-0.3, -0.25) is 0 Å². The Hall–Kier alpha value is -6.45. The van der Waals surface area contributed by atoms with E-state index in [2.05, 4.69) is 163 Å². The van der Waals surface area contributed by atoms with Crippen LogP contribution in [-0.4, -0.2) is 4.98 Å². The highest BCUT2D eigenvalue weighted by molar-refractivity contribution is 5.97. The Morgan fingerprint density at radius 3 is 1.69 bits per heavy atom. The lowest BCUT2D eigenvalue weighted by atomic mass is 9.98. The Morgan fingerprint density at radius 2 is 0.958 bits per heavy atom. The third-order valence-corrected chi connectivity index (χ3v) is 9.10. The molecule has 0 amide bonds. The first-order valence-electron chi connectivity index (χ1n) is 16.2. The van der Waals surface area contributed by atoms with E-state index >= 15 is 0 Å². The van der Waals surface area contributed by atoms with Gasteiger partial charge < -0.3 is 9.32 Å². The summed E-state index contributed by atoms with van der Waals surface area (Å²) in [7, 11) is 0. The molecule has 0 bridgehead atoms. The van der Waals surface area contributed by atoms with E-state index in [1.165, 1.54) is 43.8 Å². The van der Waals surface area contributed by atoms with E-state index in [-0.39, 0.29) is 0 Å². The fraction of sp³-hybridized carbons (Fsp3) is 0. The summed E-state index contributed by atoms with van der Waals surface area (Å²) >= 11 is 0. The molecule has 1 aromatic heterocycles. The number of hydrogen-bond acceptors (Lipinski definition) is 3. The van der Waals surface area contributed by atoms with Gasteiger partial charge in [0.2, 0.25) is 5.89 Å². The minimum absolute atomic E-state index is 0.619. The van der Waals surface area contributed by atoms with Crippen molar-refractivity contribution in [3.05, 3.63) is 182 Å². The van der Waals surface area contributed by atoms with Crippen LogP contribution in [0.3, 0.4) is 0 Å². The molecule has 3 heteroatoms. The van der Waals surface area contributed by atoms with Crippen molar-refractivity contribution in [3.63, 3.8) is 0 Å². The van der Waals surface area contributed by atoms with Crippen LogP contribution in [0.4, 0.5) is 17.1 Å². The van der Waals surface area contributed by atoms with Gasteiger partial charge in [-0.05, 0) is 111 Å². The second-order valence-corrected chi connectivity index (χ2v) is 12.1. The fourth-order valence-electron chi connectivity index (χ4n) is 6.64. The van der Waals surface area contributed by atoms with Crippen LogP contribution in [0, 0.1) is 0 Å². The minimum Gasteiger partial charge on any atom is -0.436 e. The van der Waals surface area contributed by atoms with Crippen molar-refractivity contribution < 1.29 is 4.42 Å². The molecular weight excluding hydrogens is 585 g/mol. The molecule has 1 heterocycles. The van der Waals surface area contributed by atoms with Crippen LogP contribution in [0.5, 0.6) is 0 Å². The average molecular weight is 615 g/mol. The van der Waals surface area contributed by atoms with E-state index in [9.17, 15) is 0 Å². The Labute approximate surface area is 279 Å². The monoisotopic (exact) mass is 614 g/mol. The highest BCUT2D eigenvalue weighted by Crippen LogP contribution is 2.39. The largest absolute Gasteiger partial charge is 0.436 e. The predicted molar refractivity (Wildman–Crippen MR) is 200 cm³/mol. The van der Waals surface area contributed by atoms with E-state index in [0.717, 1.165) is 33.7 Å². The lowest BCUT2D eigenvalue weighted by Crippen LogP contribution is -2.09. The Kier molecular flexibility index (Phi) is 6.80. The topological polar surface area (TPSA) is 29.3 Å². The van der Waals surface area contributed by atoms with Gasteiger partial charge >= 0.3 is 0 Å². The first-order chi connectivity index (χ1) is 23.8. The lowest BCUT2D eigenvalue weighted by molar-refractivity contribution is 0.620. The quantitative estimate of drug-likeness (QED) is 0.187. The summed E-state index contributed by atoms with van der Waals surface area (Å²) in [5.41, 5.74) is 10.6. The molecular formula is C45H30N2O. The minimum atomic E-state index is 0.619. The molecule has 0 unspecified atom stereocenters. The SMILES string of the molecule is c1ccc2cc(-c3ccc(N(c4ccc(-c5nc6ccccc6o5)cc4)c4ccc(-c5cccc6ccccc56)cc4)cc3)ccc2c1. The maximum Gasteiger partial charge on any atom is 0.227 e. The Bertz CT molecular complexity index is 2510. The van der Waals surface area contributed by atoms with Crippen molar-refractivity contribution in [2.45, 2.75) is 0 Å².